The predicted octanol–water partition coefficient (Wildman–Crippen LogP) is 5.62. The molecule has 0 aliphatic rings. The molecule has 4 aromatic rings. The van der Waals surface area contributed by atoms with Crippen LogP contribution in [-0.2, 0) is 12.7 Å². The van der Waals surface area contributed by atoms with Gasteiger partial charge in [0.2, 0.25) is 0 Å². The number of aromatic nitrogens is 2. The van der Waals surface area contributed by atoms with Gasteiger partial charge < -0.3 is 5.32 Å². The third kappa shape index (κ3) is 4.53. The highest BCUT2D eigenvalue weighted by molar-refractivity contribution is 5.93. The van der Waals surface area contributed by atoms with E-state index in [4.69, 9.17) is 0 Å². The van der Waals surface area contributed by atoms with E-state index in [2.05, 4.69) is 15.6 Å². The first-order valence-electron chi connectivity index (χ1n) is 9.35. The zero-order valence-corrected chi connectivity index (χ0v) is 16.3. The van der Waals surface area contributed by atoms with Crippen LogP contribution in [0, 0.1) is 11.6 Å². The van der Waals surface area contributed by atoms with Crippen LogP contribution >= 0.6 is 0 Å². The van der Waals surface area contributed by atoms with Crippen molar-refractivity contribution in [2.24, 2.45) is 0 Å². The molecular weight excluding hydrogens is 431 g/mol. The minimum Gasteiger partial charge on any atom is -0.334 e. The van der Waals surface area contributed by atoms with Crippen LogP contribution in [0.4, 0.5) is 32.6 Å². The van der Waals surface area contributed by atoms with Crippen LogP contribution in [0.25, 0.3) is 16.9 Å². The molecule has 5 nitrogen and oxygen atoms in total. The fourth-order valence-corrected chi connectivity index (χ4v) is 3.14. The smallest absolute Gasteiger partial charge is 0.334 e. The largest absolute Gasteiger partial charge is 0.416 e. The number of amides is 2. The maximum Gasteiger partial charge on any atom is 0.416 e. The Labute approximate surface area is 178 Å². The quantitative estimate of drug-likeness (QED) is 0.400. The Bertz CT molecular complexity index is 1260. The number of hydrogen-bond donors (Lipinski definition) is 2. The number of urea groups is 1. The normalized spacial score (nSPS) is 11.5. The summed E-state index contributed by atoms with van der Waals surface area (Å²) in [6.07, 6.45) is -3.39. The molecule has 2 aromatic carbocycles. The van der Waals surface area contributed by atoms with Crippen molar-refractivity contribution in [2.75, 3.05) is 5.32 Å². The molecule has 4 rings (SSSR count). The molecule has 2 amide bonds. The number of nitrogens with zero attached hydrogens (tertiary/aromatic N) is 2. The average Bonchev–Trinajstić information content (AvgIpc) is 3.09. The number of rotatable bonds is 4. The molecule has 164 valence electrons. The molecule has 0 aliphatic heterocycles. The van der Waals surface area contributed by atoms with Gasteiger partial charge in [0.15, 0.2) is 5.82 Å². The summed E-state index contributed by atoms with van der Waals surface area (Å²) in [5.74, 6) is -0.960. The SMILES string of the molecule is O=C(NCc1ccc(F)cc1)Nc1nc2ccc(F)cn2c1-c1ccc(C(F)(F)F)cc1. The lowest BCUT2D eigenvalue weighted by molar-refractivity contribution is -0.137. The molecule has 32 heavy (non-hydrogen) atoms. The van der Waals surface area contributed by atoms with E-state index in [1.54, 1.807) is 0 Å². The van der Waals surface area contributed by atoms with Crippen molar-refractivity contribution in [3.8, 4) is 11.3 Å². The van der Waals surface area contributed by atoms with Crippen molar-refractivity contribution in [3.63, 3.8) is 0 Å². The van der Waals surface area contributed by atoms with Crippen LogP contribution in [0.1, 0.15) is 11.1 Å². The molecular formula is C22H15F5N4O. The molecule has 0 atom stereocenters. The van der Waals surface area contributed by atoms with Crippen molar-refractivity contribution in [1.29, 1.82) is 0 Å². The number of pyridine rings is 1. The first-order valence-corrected chi connectivity index (χ1v) is 9.35. The van der Waals surface area contributed by atoms with E-state index < -0.39 is 29.4 Å². The molecule has 0 spiro atoms. The van der Waals surface area contributed by atoms with Gasteiger partial charge in [-0.05, 0) is 42.0 Å². The zero-order chi connectivity index (χ0) is 22.9. The van der Waals surface area contributed by atoms with Gasteiger partial charge in [0.1, 0.15) is 17.3 Å². The molecule has 2 heterocycles. The van der Waals surface area contributed by atoms with Crippen LogP contribution in [0.2, 0.25) is 0 Å². The summed E-state index contributed by atoms with van der Waals surface area (Å²) in [7, 11) is 0. The average molecular weight is 446 g/mol. The molecule has 0 saturated carbocycles. The number of halogens is 5. The fourth-order valence-electron chi connectivity index (χ4n) is 3.14. The van der Waals surface area contributed by atoms with Gasteiger partial charge in [-0.3, -0.25) is 9.72 Å². The first kappa shape index (κ1) is 21.3. The molecule has 0 aliphatic carbocycles. The molecule has 0 bridgehead atoms. The molecule has 0 radical (unpaired) electrons. The van der Waals surface area contributed by atoms with Crippen LogP contribution in [-0.4, -0.2) is 15.4 Å². The van der Waals surface area contributed by atoms with Crippen molar-refractivity contribution in [2.45, 2.75) is 12.7 Å². The number of benzene rings is 2. The second kappa shape index (κ2) is 8.29. The predicted molar refractivity (Wildman–Crippen MR) is 108 cm³/mol. The van der Waals surface area contributed by atoms with Crippen molar-refractivity contribution in [1.82, 2.24) is 14.7 Å². The summed E-state index contributed by atoms with van der Waals surface area (Å²) < 4.78 is 66.9. The van der Waals surface area contributed by atoms with Crippen LogP contribution in [0.15, 0.2) is 66.9 Å². The minimum atomic E-state index is -4.51. The Morgan fingerprint density at radius 1 is 0.906 bits per heavy atom. The van der Waals surface area contributed by atoms with E-state index >= 15 is 0 Å². The van der Waals surface area contributed by atoms with Gasteiger partial charge in [0.25, 0.3) is 0 Å². The van der Waals surface area contributed by atoms with Crippen LogP contribution in [0.3, 0.4) is 0 Å². The highest BCUT2D eigenvalue weighted by Crippen LogP contribution is 2.33. The third-order valence-electron chi connectivity index (χ3n) is 4.67. The van der Waals surface area contributed by atoms with E-state index in [1.807, 2.05) is 0 Å². The Balaban J connectivity index is 1.63. The third-order valence-corrected chi connectivity index (χ3v) is 4.67. The van der Waals surface area contributed by atoms with Crippen molar-refractivity contribution in [3.05, 3.63) is 89.6 Å². The number of nitrogens with one attached hydrogen (secondary N) is 2. The monoisotopic (exact) mass is 446 g/mol. The van der Waals surface area contributed by atoms with Gasteiger partial charge >= 0.3 is 12.2 Å². The molecule has 2 aromatic heterocycles. The summed E-state index contributed by atoms with van der Waals surface area (Å²) in [5, 5.41) is 5.13. The molecule has 2 N–H and O–H groups in total. The Morgan fingerprint density at radius 2 is 1.56 bits per heavy atom. The number of hydrogen-bond acceptors (Lipinski definition) is 2. The van der Waals surface area contributed by atoms with Gasteiger partial charge in [-0.15, -0.1) is 0 Å². The van der Waals surface area contributed by atoms with Gasteiger partial charge in [0, 0.05) is 18.3 Å². The topological polar surface area (TPSA) is 58.4 Å². The van der Waals surface area contributed by atoms with Gasteiger partial charge in [0.05, 0.1) is 11.3 Å². The summed E-state index contributed by atoms with van der Waals surface area (Å²) in [5.41, 5.74) is 0.611. The summed E-state index contributed by atoms with van der Waals surface area (Å²) in [6.45, 7) is 0.101. The molecule has 0 unspecified atom stereocenters. The minimum absolute atomic E-state index is 0.0342. The fraction of sp³-hybridized carbons (Fsp3) is 0.0909. The number of carbonyl (C=O) groups excluding carboxylic acids is 1. The highest BCUT2D eigenvalue weighted by Gasteiger charge is 2.30. The lowest BCUT2D eigenvalue weighted by Crippen LogP contribution is -2.28. The second-order valence-electron chi connectivity index (χ2n) is 6.89. The summed E-state index contributed by atoms with van der Waals surface area (Å²) in [4.78, 5) is 16.7. The van der Waals surface area contributed by atoms with E-state index in [0.717, 1.165) is 18.3 Å². The van der Waals surface area contributed by atoms with Crippen LogP contribution < -0.4 is 10.6 Å². The van der Waals surface area contributed by atoms with Crippen molar-refractivity contribution < 1.29 is 26.7 Å². The van der Waals surface area contributed by atoms with E-state index in [9.17, 15) is 26.7 Å². The van der Waals surface area contributed by atoms with E-state index in [0.29, 0.717) is 11.1 Å². The van der Waals surface area contributed by atoms with Gasteiger partial charge in [-0.2, -0.15) is 13.2 Å². The molecule has 0 fully saturated rings. The Kier molecular flexibility index (Phi) is 5.52. The summed E-state index contributed by atoms with van der Waals surface area (Å²) in [6, 6.07) is 11.7. The van der Waals surface area contributed by atoms with Gasteiger partial charge in [-0.25, -0.2) is 18.6 Å². The number of alkyl halides is 3. The maximum atomic E-state index is 13.8. The van der Waals surface area contributed by atoms with E-state index in [-0.39, 0.29) is 23.7 Å². The van der Waals surface area contributed by atoms with Crippen LogP contribution in [0.5, 0.6) is 0 Å². The van der Waals surface area contributed by atoms with Gasteiger partial charge in [-0.1, -0.05) is 24.3 Å². The lowest BCUT2D eigenvalue weighted by atomic mass is 10.1. The first-order chi connectivity index (χ1) is 15.2. The molecule has 10 heteroatoms. The second-order valence-corrected chi connectivity index (χ2v) is 6.89. The summed E-state index contributed by atoms with van der Waals surface area (Å²) >= 11 is 0. The number of carbonyl (C=O) groups is 1. The molecule has 0 saturated heterocycles. The number of fused-ring (bicyclic) bond motifs is 1. The maximum absolute atomic E-state index is 13.8. The zero-order valence-electron chi connectivity index (χ0n) is 16.3. The standard InChI is InChI=1S/C22H15F5N4O/c23-16-7-1-13(2-8-16)11-28-21(32)30-20-19(31-12-17(24)9-10-18(31)29-20)14-3-5-15(6-4-14)22(25,26)27/h1-10,12H,11H2,(H2,28,30,32). The Morgan fingerprint density at radius 3 is 2.22 bits per heavy atom. The van der Waals surface area contributed by atoms with Crippen molar-refractivity contribution >= 4 is 17.5 Å². The van der Waals surface area contributed by atoms with E-state index in [1.165, 1.54) is 52.9 Å². The Hall–Kier alpha value is -3.95. The number of anilines is 1. The number of imidazole rings is 1. The highest BCUT2D eigenvalue weighted by atomic mass is 19.4. The lowest BCUT2D eigenvalue weighted by Gasteiger charge is -2.10.